The highest BCUT2D eigenvalue weighted by Crippen LogP contribution is 2.39. The molecule has 0 atom stereocenters. The van der Waals surface area contributed by atoms with E-state index in [1.54, 1.807) is 31.5 Å². The van der Waals surface area contributed by atoms with Crippen LogP contribution in [0.15, 0.2) is 36.7 Å². The quantitative estimate of drug-likeness (QED) is 0.854. The Bertz CT molecular complexity index is 729. The van der Waals surface area contributed by atoms with E-state index in [9.17, 15) is 4.79 Å². The Labute approximate surface area is 141 Å². The van der Waals surface area contributed by atoms with Crippen LogP contribution in [0.1, 0.15) is 29.9 Å². The first-order valence-electron chi connectivity index (χ1n) is 7.91. The molecule has 1 aromatic heterocycles. The first-order chi connectivity index (χ1) is 11.7. The van der Waals surface area contributed by atoms with Gasteiger partial charge in [0.2, 0.25) is 0 Å². The first-order valence-corrected chi connectivity index (χ1v) is 7.91. The van der Waals surface area contributed by atoms with Crippen LogP contribution in [-0.4, -0.2) is 25.2 Å². The fourth-order valence-electron chi connectivity index (χ4n) is 2.58. The lowest BCUT2D eigenvalue weighted by atomic mass is 10.1. The van der Waals surface area contributed by atoms with Gasteiger partial charge >= 0.3 is 6.03 Å². The third-order valence-corrected chi connectivity index (χ3v) is 3.97. The van der Waals surface area contributed by atoms with E-state index in [-0.39, 0.29) is 6.03 Å². The minimum absolute atomic E-state index is 0.307. The maximum absolute atomic E-state index is 12.1. The Morgan fingerprint density at radius 3 is 2.79 bits per heavy atom. The summed E-state index contributed by atoms with van der Waals surface area (Å²) in [5, 5.41) is 5.62. The second-order valence-electron chi connectivity index (χ2n) is 5.75. The lowest BCUT2D eigenvalue weighted by Gasteiger charge is -2.14. The summed E-state index contributed by atoms with van der Waals surface area (Å²) in [4.78, 5) is 16.4. The van der Waals surface area contributed by atoms with Gasteiger partial charge in [0, 0.05) is 18.9 Å². The zero-order valence-corrected chi connectivity index (χ0v) is 13.8. The SMILES string of the molecule is COc1cccc(NC(=O)NCc2cncc(C3CC3)c2)c1OC. The van der Waals surface area contributed by atoms with Crippen LogP contribution in [-0.2, 0) is 6.54 Å². The van der Waals surface area contributed by atoms with Gasteiger partial charge in [0.1, 0.15) is 0 Å². The van der Waals surface area contributed by atoms with E-state index in [2.05, 4.69) is 21.7 Å². The summed E-state index contributed by atoms with van der Waals surface area (Å²) in [6, 6.07) is 7.13. The Balaban J connectivity index is 1.61. The molecular formula is C18H21N3O3. The van der Waals surface area contributed by atoms with Gasteiger partial charge < -0.3 is 20.1 Å². The number of nitrogens with zero attached hydrogens (tertiary/aromatic N) is 1. The Hall–Kier alpha value is -2.76. The molecule has 6 nitrogen and oxygen atoms in total. The number of benzene rings is 1. The van der Waals surface area contributed by atoms with E-state index in [0.717, 1.165) is 5.56 Å². The minimum Gasteiger partial charge on any atom is -0.493 e. The summed E-state index contributed by atoms with van der Waals surface area (Å²) in [7, 11) is 3.09. The summed E-state index contributed by atoms with van der Waals surface area (Å²) in [6.07, 6.45) is 6.14. The number of carbonyl (C=O) groups is 1. The Kier molecular flexibility index (Phi) is 4.84. The molecule has 0 saturated heterocycles. The number of ether oxygens (including phenoxy) is 2. The number of hydrogen-bond acceptors (Lipinski definition) is 4. The molecule has 1 aromatic carbocycles. The van der Waals surface area contributed by atoms with Crippen molar-refractivity contribution in [2.24, 2.45) is 0 Å². The van der Waals surface area contributed by atoms with E-state index < -0.39 is 0 Å². The van der Waals surface area contributed by atoms with Crippen LogP contribution in [0, 0.1) is 0 Å². The lowest BCUT2D eigenvalue weighted by molar-refractivity contribution is 0.251. The van der Waals surface area contributed by atoms with Crippen LogP contribution < -0.4 is 20.1 Å². The van der Waals surface area contributed by atoms with Crippen LogP contribution in [0.25, 0.3) is 0 Å². The van der Waals surface area contributed by atoms with E-state index in [0.29, 0.717) is 29.6 Å². The van der Waals surface area contributed by atoms with Crippen molar-refractivity contribution in [3.8, 4) is 11.5 Å². The van der Waals surface area contributed by atoms with Crippen LogP contribution in [0.5, 0.6) is 11.5 Å². The molecular weight excluding hydrogens is 306 g/mol. The van der Waals surface area contributed by atoms with Crippen LogP contribution in [0.3, 0.4) is 0 Å². The molecule has 0 radical (unpaired) electrons. The van der Waals surface area contributed by atoms with Gasteiger partial charge in [-0.3, -0.25) is 4.98 Å². The van der Waals surface area contributed by atoms with E-state index >= 15 is 0 Å². The molecule has 1 saturated carbocycles. The second kappa shape index (κ2) is 7.21. The first kappa shape index (κ1) is 16.1. The highest BCUT2D eigenvalue weighted by molar-refractivity contribution is 5.91. The molecule has 2 aromatic rings. The van der Waals surface area contributed by atoms with Gasteiger partial charge in [-0.1, -0.05) is 12.1 Å². The molecule has 1 fully saturated rings. The van der Waals surface area contributed by atoms with Crippen molar-refractivity contribution < 1.29 is 14.3 Å². The number of amides is 2. The number of para-hydroxylation sites is 1. The third-order valence-electron chi connectivity index (χ3n) is 3.97. The van der Waals surface area contributed by atoms with Crippen LogP contribution >= 0.6 is 0 Å². The lowest BCUT2D eigenvalue weighted by Crippen LogP contribution is -2.28. The number of rotatable bonds is 6. The van der Waals surface area contributed by atoms with Gasteiger partial charge in [-0.2, -0.15) is 0 Å². The summed E-state index contributed by atoms with van der Waals surface area (Å²) >= 11 is 0. The fourth-order valence-corrected chi connectivity index (χ4v) is 2.58. The number of nitrogens with one attached hydrogen (secondary N) is 2. The predicted molar refractivity (Wildman–Crippen MR) is 91.6 cm³/mol. The smallest absolute Gasteiger partial charge is 0.319 e. The van der Waals surface area contributed by atoms with E-state index in [4.69, 9.17) is 9.47 Å². The number of pyridine rings is 1. The maximum atomic E-state index is 12.1. The zero-order valence-electron chi connectivity index (χ0n) is 13.8. The molecule has 1 aliphatic carbocycles. The molecule has 0 aliphatic heterocycles. The summed E-state index contributed by atoms with van der Waals surface area (Å²) in [6.45, 7) is 0.422. The van der Waals surface area contributed by atoms with Gasteiger partial charge in [-0.15, -0.1) is 0 Å². The van der Waals surface area contributed by atoms with E-state index in [1.165, 1.54) is 25.5 Å². The molecule has 0 bridgehead atoms. The number of aromatic nitrogens is 1. The number of urea groups is 1. The molecule has 0 spiro atoms. The standard InChI is InChI=1S/C18H21N3O3/c1-23-16-5-3-4-15(17(16)24-2)21-18(22)20-10-12-8-14(11-19-9-12)13-6-7-13/h3-5,8-9,11,13H,6-7,10H2,1-2H3,(H2,20,21,22). The number of carbonyl (C=O) groups excluding carboxylic acids is 1. The zero-order chi connectivity index (χ0) is 16.9. The molecule has 6 heteroatoms. The molecule has 1 aliphatic rings. The Morgan fingerprint density at radius 2 is 2.08 bits per heavy atom. The van der Waals surface area contributed by atoms with Crippen molar-refractivity contribution in [1.29, 1.82) is 0 Å². The van der Waals surface area contributed by atoms with Crippen molar-refractivity contribution in [2.75, 3.05) is 19.5 Å². The Morgan fingerprint density at radius 1 is 1.25 bits per heavy atom. The molecule has 2 N–H and O–H groups in total. The molecule has 0 unspecified atom stereocenters. The highest BCUT2D eigenvalue weighted by Gasteiger charge is 2.23. The predicted octanol–water partition coefficient (Wildman–Crippen LogP) is 3.30. The summed E-state index contributed by atoms with van der Waals surface area (Å²) < 4.78 is 10.5. The minimum atomic E-state index is -0.307. The normalized spacial score (nSPS) is 13.2. The van der Waals surface area contributed by atoms with Crippen LogP contribution in [0.2, 0.25) is 0 Å². The monoisotopic (exact) mass is 327 g/mol. The van der Waals surface area contributed by atoms with Crippen molar-refractivity contribution >= 4 is 11.7 Å². The average Bonchev–Trinajstić information content (AvgIpc) is 3.45. The average molecular weight is 327 g/mol. The fraction of sp³-hybridized carbons (Fsp3) is 0.333. The summed E-state index contributed by atoms with van der Waals surface area (Å²) in [5.41, 5.74) is 2.80. The molecule has 1 heterocycles. The largest absolute Gasteiger partial charge is 0.493 e. The molecule has 24 heavy (non-hydrogen) atoms. The van der Waals surface area contributed by atoms with Gasteiger partial charge in [-0.05, 0) is 42.0 Å². The summed E-state index contributed by atoms with van der Waals surface area (Å²) in [5.74, 6) is 1.71. The molecule has 3 rings (SSSR count). The number of hydrogen-bond donors (Lipinski definition) is 2. The van der Waals surface area contributed by atoms with Crippen molar-refractivity contribution in [2.45, 2.75) is 25.3 Å². The second-order valence-corrected chi connectivity index (χ2v) is 5.75. The van der Waals surface area contributed by atoms with Gasteiger partial charge in [0.25, 0.3) is 0 Å². The number of methoxy groups -OCH3 is 2. The molecule has 2 amide bonds. The highest BCUT2D eigenvalue weighted by atomic mass is 16.5. The van der Waals surface area contributed by atoms with Gasteiger partial charge in [0.05, 0.1) is 19.9 Å². The third kappa shape index (κ3) is 3.76. The van der Waals surface area contributed by atoms with Crippen molar-refractivity contribution in [3.63, 3.8) is 0 Å². The van der Waals surface area contributed by atoms with Gasteiger partial charge in [0.15, 0.2) is 11.5 Å². The van der Waals surface area contributed by atoms with Crippen LogP contribution in [0.4, 0.5) is 10.5 Å². The maximum Gasteiger partial charge on any atom is 0.319 e. The number of anilines is 1. The topological polar surface area (TPSA) is 72.5 Å². The van der Waals surface area contributed by atoms with E-state index in [1.807, 2.05) is 6.20 Å². The molecule has 126 valence electrons. The van der Waals surface area contributed by atoms with Crippen molar-refractivity contribution in [3.05, 3.63) is 47.8 Å². The van der Waals surface area contributed by atoms with Gasteiger partial charge in [-0.25, -0.2) is 4.79 Å². The van der Waals surface area contributed by atoms with Crippen molar-refractivity contribution in [1.82, 2.24) is 10.3 Å².